The average molecular weight is 387 g/mol. The SMILES string of the molecule is C=CCOc1cccc(NC(=S)NC2(c3ccccc3Cl)CCCC2)c1. The molecule has 0 aliphatic heterocycles. The molecule has 0 radical (unpaired) electrons. The Morgan fingerprint density at radius 1 is 1.19 bits per heavy atom. The second-order valence-electron chi connectivity index (χ2n) is 6.48. The van der Waals surface area contributed by atoms with Crippen molar-refractivity contribution in [1.82, 2.24) is 5.32 Å². The van der Waals surface area contributed by atoms with Crippen molar-refractivity contribution < 1.29 is 4.74 Å². The van der Waals surface area contributed by atoms with Gasteiger partial charge in [-0.05, 0) is 48.8 Å². The molecule has 1 aliphatic rings. The summed E-state index contributed by atoms with van der Waals surface area (Å²) in [6.45, 7) is 4.14. The predicted octanol–water partition coefficient (Wildman–Crippen LogP) is 5.66. The van der Waals surface area contributed by atoms with Gasteiger partial charge in [-0.3, -0.25) is 0 Å². The van der Waals surface area contributed by atoms with Crippen LogP contribution in [-0.2, 0) is 5.54 Å². The molecule has 0 bridgehead atoms. The van der Waals surface area contributed by atoms with E-state index >= 15 is 0 Å². The second-order valence-corrected chi connectivity index (χ2v) is 7.29. The predicted molar refractivity (Wildman–Crippen MR) is 113 cm³/mol. The first kappa shape index (κ1) is 18.7. The third kappa shape index (κ3) is 4.37. The largest absolute Gasteiger partial charge is 0.489 e. The van der Waals surface area contributed by atoms with Crippen LogP contribution in [0.25, 0.3) is 0 Å². The van der Waals surface area contributed by atoms with Crippen molar-refractivity contribution in [3.63, 3.8) is 0 Å². The molecule has 26 heavy (non-hydrogen) atoms. The maximum absolute atomic E-state index is 6.48. The molecule has 2 N–H and O–H groups in total. The van der Waals surface area contributed by atoms with Gasteiger partial charge in [-0.1, -0.05) is 61.4 Å². The summed E-state index contributed by atoms with van der Waals surface area (Å²) < 4.78 is 5.58. The van der Waals surface area contributed by atoms with Gasteiger partial charge in [-0.25, -0.2) is 0 Å². The third-order valence-electron chi connectivity index (χ3n) is 4.66. The molecular formula is C21H23ClN2OS. The second kappa shape index (κ2) is 8.56. The molecule has 0 aromatic heterocycles. The van der Waals surface area contributed by atoms with Crippen molar-refractivity contribution in [3.8, 4) is 5.75 Å². The standard InChI is InChI=1S/C21H23ClN2OS/c1-2-14-25-17-9-7-8-16(15-17)23-20(26)24-21(12-5-6-13-21)18-10-3-4-11-19(18)22/h2-4,7-11,15H,1,5-6,12-14H2,(H2,23,24,26). The number of anilines is 1. The van der Waals surface area contributed by atoms with Crippen LogP contribution in [0.5, 0.6) is 5.75 Å². The first-order valence-electron chi connectivity index (χ1n) is 8.81. The summed E-state index contributed by atoms with van der Waals surface area (Å²) in [5, 5.41) is 8.18. The number of halogens is 1. The molecule has 1 fully saturated rings. The summed E-state index contributed by atoms with van der Waals surface area (Å²) in [5.74, 6) is 0.777. The van der Waals surface area contributed by atoms with Crippen molar-refractivity contribution in [2.75, 3.05) is 11.9 Å². The van der Waals surface area contributed by atoms with Crippen molar-refractivity contribution in [2.45, 2.75) is 31.2 Å². The van der Waals surface area contributed by atoms with Crippen molar-refractivity contribution in [1.29, 1.82) is 0 Å². The molecule has 3 nitrogen and oxygen atoms in total. The van der Waals surface area contributed by atoms with Gasteiger partial charge in [0.2, 0.25) is 0 Å². The number of nitrogens with one attached hydrogen (secondary N) is 2. The number of benzene rings is 2. The molecule has 0 amide bonds. The van der Waals surface area contributed by atoms with Crippen LogP contribution < -0.4 is 15.4 Å². The van der Waals surface area contributed by atoms with Gasteiger partial charge in [-0.15, -0.1) is 0 Å². The molecule has 2 aromatic rings. The number of rotatable bonds is 6. The number of thiocarbonyl (C=S) groups is 1. The van der Waals surface area contributed by atoms with E-state index in [-0.39, 0.29) is 5.54 Å². The van der Waals surface area contributed by atoms with Gasteiger partial charge in [-0.2, -0.15) is 0 Å². The van der Waals surface area contributed by atoms with E-state index in [1.807, 2.05) is 42.5 Å². The molecule has 2 aromatic carbocycles. The minimum absolute atomic E-state index is 0.209. The topological polar surface area (TPSA) is 33.3 Å². The van der Waals surface area contributed by atoms with E-state index < -0.39 is 0 Å². The Labute approximate surface area is 165 Å². The van der Waals surface area contributed by atoms with Gasteiger partial charge >= 0.3 is 0 Å². The van der Waals surface area contributed by atoms with Crippen LogP contribution in [0.3, 0.4) is 0 Å². The van der Waals surface area contributed by atoms with Gasteiger partial charge in [0.25, 0.3) is 0 Å². The van der Waals surface area contributed by atoms with Gasteiger partial charge in [0.1, 0.15) is 12.4 Å². The fourth-order valence-corrected chi connectivity index (χ4v) is 4.12. The molecular weight excluding hydrogens is 364 g/mol. The first-order chi connectivity index (χ1) is 12.6. The maximum atomic E-state index is 6.48. The minimum atomic E-state index is -0.209. The van der Waals surface area contributed by atoms with E-state index in [0.29, 0.717) is 11.7 Å². The molecule has 1 aliphatic carbocycles. The molecule has 0 unspecified atom stereocenters. The van der Waals surface area contributed by atoms with Gasteiger partial charge < -0.3 is 15.4 Å². The van der Waals surface area contributed by atoms with Crippen LogP contribution >= 0.6 is 23.8 Å². The van der Waals surface area contributed by atoms with Gasteiger partial charge in [0.15, 0.2) is 5.11 Å². The molecule has 136 valence electrons. The minimum Gasteiger partial charge on any atom is -0.489 e. The molecule has 0 atom stereocenters. The van der Waals surface area contributed by atoms with E-state index in [1.54, 1.807) is 6.08 Å². The Morgan fingerprint density at radius 3 is 2.69 bits per heavy atom. The summed E-state index contributed by atoms with van der Waals surface area (Å²) in [7, 11) is 0. The Kier molecular flexibility index (Phi) is 6.17. The summed E-state index contributed by atoms with van der Waals surface area (Å²) in [6, 6.07) is 15.7. The lowest BCUT2D eigenvalue weighted by atomic mass is 9.88. The van der Waals surface area contributed by atoms with Crippen LogP contribution in [-0.4, -0.2) is 11.7 Å². The fraction of sp³-hybridized carbons (Fsp3) is 0.286. The monoisotopic (exact) mass is 386 g/mol. The first-order valence-corrected chi connectivity index (χ1v) is 9.59. The van der Waals surface area contributed by atoms with Gasteiger partial charge in [0.05, 0.1) is 5.54 Å². The third-order valence-corrected chi connectivity index (χ3v) is 5.19. The fourth-order valence-electron chi connectivity index (χ4n) is 3.49. The number of ether oxygens (including phenoxy) is 1. The average Bonchev–Trinajstić information content (AvgIpc) is 3.09. The Bertz CT molecular complexity index is 787. The Morgan fingerprint density at radius 2 is 1.96 bits per heavy atom. The van der Waals surface area contributed by atoms with E-state index in [9.17, 15) is 0 Å². The van der Waals surface area contributed by atoms with Crippen LogP contribution in [0.15, 0.2) is 61.2 Å². The molecule has 3 rings (SSSR count). The summed E-state index contributed by atoms with van der Waals surface area (Å²) in [6.07, 6.45) is 6.07. The summed E-state index contributed by atoms with van der Waals surface area (Å²) in [5.41, 5.74) is 1.79. The Hall–Kier alpha value is -2.04. The zero-order valence-electron chi connectivity index (χ0n) is 14.6. The van der Waals surface area contributed by atoms with E-state index in [2.05, 4.69) is 23.3 Å². The van der Waals surface area contributed by atoms with E-state index in [0.717, 1.165) is 47.7 Å². The molecule has 5 heteroatoms. The lowest BCUT2D eigenvalue weighted by molar-refractivity contribution is 0.363. The number of hydrogen-bond acceptors (Lipinski definition) is 2. The normalized spacial score (nSPS) is 15.3. The maximum Gasteiger partial charge on any atom is 0.171 e. The van der Waals surface area contributed by atoms with Crippen molar-refractivity contribution >= 4 is 34.6 Å². The van der Waals surface area contributed by atoms with E-state index in [1.165, 1.54) is 0 Å². The summed E-state index contributed by atoms with van der Waals surface area (Å²) >= 11 is 12.1. The highest BCUT2D eigenvalue weighted by molar-refractivity contribution is 7.80. The lowest BCUT2D eigenvalue weighted by Gasteiger charge is -2.33. The lowest BCUT2D eigenvalue weighted by Crippen LogP contribution is -2.45. The van der Waals surface area contributed by atoms with Gasteiger partial charge in [0, 0.05) is 16.8 Å². The van der Waals surface area contributed by atoms with Crippen LogP contribution in [0.1, 0.15) is 31.2 Å². The van der Waals surface area contributed by atoms with Crippen LogP contribution in [0.4, 0.5) is 5.69 Å². The molecule has 0 heterocycles. The zero-order chi connectivity index (χ0) is 18.4. The van der Waals surface area contributed by atoms with Crippen molar-refractivity contribution in [3.05, 3.63) is 71.8 Å². The highest BCUT2D eigenvalue weighted by Gasteiger charge is 2.37. The van der Waals surface area contributed by atoms with Crippen molar-refractivity contribution in [2.24, 2.45) is 0 Å². The highest BCUT2D eigenvalue weighted by Crippen LogP contribution is 2.41. The molecule has 1 saturated carbocycles. The summed E-state index contributed by atoms with van der Waals surface area (Å²) in [4.78, 5) is 0. The molecule has 0 spiro atoms. The van der Waals surface area contributed by atoms with E-state index in [4.69, 9.17) is 28.6 Å². The van der Waals surface area contributed by atoms with Crippen LogP contribution in [0.2, 0.25) is 5.02 Å². The Balaban J connectivity index is 1.73. The molecule has 0 saturated heterocycles. The van der Waals surface area contributed by atoms with Crippen LogP contribution in [0, 0.1) is 0 Å². The quantitative estimate of drug-likeness (QED) is 0.495. The zero-order valence-corrected chi connectivity index (χ0v) is 16.2. The smallest absolute Gasteiger partial charge is 0.171 e. The highest BCUT2D eigenvalue weighted by atomic mass is 35.5. The number of hydrogen-bond donors (Lipinski definition) is 2.